The predicted octanol–water partition coefficient (Wildman–Crippen LogP) is 14.5. The molecule has 7 aromatic rings. The zero-order valence-corrected chi connectivity index (χ0v) is 32.6. The zero-order chi connectivity index (χ0) is 38.3. The highest BCUT2D eigenvalue weighted by molar-refractivity contribution is 5.85. The molecule has 0 heterocycles. The second-order valence-corrected chi connectivity index (χ2v) is 14.2. The summed E-state index contributed by atoms with van der Waals surface area (Å²) in [5.41, 5.74) is 17.4. The van der Waals surface area contributed by atoms with Crippen LogP contribution in [0.15, 0.2) is 158 Å². The van der Waals surface area contributed by atoms with Crippen molar-refractivity contribution in [2.24, 2.45) is 0 Å². The van der Waals surface area contributed by atoms with Gasteiger partial charge in [-0.2, -0.15) is 0 Å². The normalized spacial score (nSPS) is 11.3. The Morgan fingerprint density at radius 1 is 0.382 bits per heavy atom. The van der Waals surface area contributed by atoms with E-state index in [0.29, 0.717) is 0 Å². The SMILES string of the molecule is COc1ccccc1/C=C/c1ccc(N(c2cccc(N(c3ccc(/C=C/c4ccccc4C)cc3)c3ccc(C)cc3C)c2)c2ccc(C)cc2C)cc1. The summed E-state index contributed by atoms with van der Waals surface area (Å²) in [6.07, 6.45) is 8.62. The van der Waals surface area contributed by atoms with E-state index < -0.39 is 0 Å². The molecule has 55 heavy (non-hydrogen) atoms. The molecule has 0 radical (unpaired) electrons. The molecule has 7 aromatic carbocycles. The molecule has 0 saturated carbocycles. The average Bonchev–Trinajstić information content (AvgIpc) is 3.20. The molecular formula is C52H48N2O. The maximum atomic E-state index is 5.57. The summed E-state index contributed by atoms with van der Waals surface area (Å²) in [7, 11) is 1.71. The Morgan fingerprint density at radius 3 is 1.35 bits per heavy atom. The fourth-order valence-electron chi connectivity index (χ4n) is 7.16. The molecule has 3 nitrogen and oxygen atoms in total. The van der Waals surface area contributed by atoms with Gasteiger partial charge in [0.25, 0.3) is 0 Å². The first-order valence-electron chi connectivity index (χ1n) is 18.9. The van der Waals surface area contributed by atoms with E-state index in [0.717, 1.165) is 56.6 Å². The largest absolute Gasteiger partial charge is 0.496 e. The third-order valence-corrected chi connectivity index (χ3v) is 10.1. The van der Waals surface area contributed by atoms with Crippen LogP contribution in [0, 0.1) is 34.6 Å². The molecule has 0 aliphatic rings. The molecule has 0 bridgehead atoms. The number of aryl methyl sites for hydroxylation is 5. The van der Waals surface area contributed by atoms with E-state index >= 15 is 0 Å². The lowest BCUT2D eigenvalue weighted by atomic mass is 10.0. The van der Waals surface area contributed by atoms with Crippen molar-refractivity contribution in [3.63, 3.8) is 0 Å². The predicted molar refractivity (Wildman–Crippen MR) is 237 cm³/mol. The van der Waals surface area contributed by atoms with Crippen LogP contribution in [0.1, 0.15) is 50.1 Å². The second-order valence-electron chi connectivity index (χ2n) is 14.2. The van der Waals surface area contributed by atoms with E-state index in [4.69, 9.17) is 4.74 Å². The van der Waals surface area contributed by atoms with Crippen molar-refractivity contribution in [3.8, 4) is 5.75 Å². The number of nitrogens with zero attached hydrogens (tertiary/aromatic N) is 2. The first-order chi connectivity index (χ1) is 26.8. The quantitative estimate of drug-likeness (QED) is 0.124. The van der Waals surface area contributed by atoms with Gasteiger partial charge in [0.05, 0.1) is 7.11 Å². The highest BCUT2D eigenvalue weighted by Crippen LogP contribution is 2.42. The number of methoxy groups -OCH3 is 1. The van der Waals surface area contributed by atoms with Crippen LogP contribution in [0.3, 0.4) is 0 Å². The van der Waals surface area contributed by atoms with Crippen LogP contribution >= 0.6 is 0 Å². The third kappa shape index (κ3) is 8.48. The average molecular weight is 717 g/mol. The summed E-state index contributed by atoms with van der Waals surface area (Å²) in [5.74, 6) is 0.858. The van der Waals surface area contributed by atoms with Crippen LogP contribution in [0.4, 0.5) is 34.1 Å². The van der Waals surface area contributed by atoms with Crippen LogP contribution in [0.2, 0.25) is 0 Å². The van der Waals surface area contributed by atoms with Crippen LogP contribution in [-0.4, -0.2) is 7.11 Å². The van der Waals surface area contributed by atoms with Crippen LogP contribution < -0.4 is 14.5 Å². The lowest BCUT2D eigenvalue weighted by Gasteiger charge is -2.31. The molecule has 0 spiro atoms. The maximum absolute atomic E-state index is 5.57. The van der Waals surface area contributed by atoms with E-state index in [2.05, 4.69) is 208 Å². The van der Waals surface area contributed by atoms with Crippen molar-refractivity contribution in [2.75, 3.05) is 16.9 Å². The van der Waals surface area contributed by atoms with Crippen molar-refractivity contribution in [2.45, 2.75) is 34.6 Å². The van der Waals surface area contributed by atoms with E-state index in [1.807, 2.05) is 18.2 Å². The molecule has 0 saturated heterocycles. The minimum Gasteiger partial charge on any atom is -0.496 e. The highest BCUT2D eigenvalue weighted by Gasteiger charge is 2.19. The summed E-state index contributed by atoms with van der Waals surface area (Å²) < 4.78 is 5.57. The van der Waals surface area contributed by atoms with Gasteiger partial charge in [0.1, 0.15) is 5.75 Å². The summed E-state index contributed by atoms with van der Waals surface area (Å²) in [6, 6.07) is 56.5. The lowest BCUT2D eigenvalue weighted by Crippen LogP contribution is -2.14. The van der Waals surface area contributed by atoms with Crippen molar-refractivity contribution < 1.29 is 4.74 Å². The molecule has 272 valence electrons. The summed E-state index contributed by atoms with van der Waals surface area (Å²) in [6.45, 7) is 10.8. The number of para-hydroxylation sites is 1. The van der Waals surface area contributed by atoms with Crippen LogP contribution in [0.25, 0.3) is 24.3 Å². The van der Waals surface area contributed by atoms with Gasteiger partial charge in [0, 0.05) is 39.7 Å². The molecule has 0 fully saturated rings. The Bertz CT molecular complexity index is 2470. The maximum Gasteiger partial charge on any atom is 0.126 e. The molecule has 0 atom stereocenters. The van der Waals surface area contributed by atoms with E-state index in [9.17, 15) is 0 Å². The van der Waals surface area contributed by atoms with Gasteiger partial charge in [-0.15, -0.1) is 0 Å². The van der Waals surface area contributed by atoms with Gasteiger partial charge in [0.15, 0.2) is 0 Å². The van der Waals surface area contributed by atoms with Gasteiger partial charge in [-0.25, -0.2) is 0 Å². The lowest BCUT2D eigenvalue weighted by molar-refractivity contribution is 0.414. The molecule has 0 aliphatic carbocycles. The molecule has 0 amide bonds. The first-order valence-corrected chi connectivity index (χ1v) is 18.9. The first kappa shape index (κ1) is 36.8. The smallest absolute Gasteiger partial charge is 0.126 e. The van der Waals surface area contributed by atoms with Gasteiger partial charge < -0.3 is 14.5 Å². The van der Waals surface area contributed by atoms with Crippen molar-refractivity contribution in [3.05, 3.63) is 208 Å². The monoisotopic (exact) mass is 716 g/mol. The Balaban J connectivity index is 1.28. The summed E-state index contributed by atoms with van der Waals surface area (Å²) >= 11 is 0. The molecule has 7 rings (SSSR count). The minimum absolute atomic E-state index is 0.858. The Labute approximate surface area is 327 Å². The fourth-order valence-corrected chi connectivity index (χ4v) is 7.16. The summed E-state index contributed by atoms with van der Waals surface area (Å²) in [4.78, 5) is 4.74. The number of ether oxygens (including phenoxy) is 1. The number of hydrogen-bond acceptors (Lipinski definition) is 3. The van der Waals surface area contributed by atoms with Crippen molar-refractivity contribution in [1.29, 1.82) is 0 Å². The Kier molecular flexibility index (Phi) is 11.1. The van der Waals surface area contributed by atoms with Crippen molar-refractivity contribution >= 4 is 58.4 Å². The molecule has 0 aromatic heterocycles. The van der Waals surface area contributed by atoms with Crippen LogP contribution in [-0.2, 0) is 0 Å². The van der Waals surface area contributed by atoms with Gasteiger partial charge in [-0.05, 0) is 129 Å². The highest BCUT2D eigenvalue weighted by atomic mass is 16.5. The molecule has 3 heteroatoms. The number of hydrogen-bond donors (Lipinski definition) is 0. The Hall–Kier alpha value is -6.58. The fraction of sp³-hybridized carbons (Fsp3) is 0.115. The Morgan fingerprint density at radius 2 is 0.855 bits per heavy atom. The number of rotatable bonds is 11. The molecule has 0 unspecified atom stereocenters. The summed E-state index contributed by atoms with van der Waals surface area (Å²) in [5, 5.41) is 0. The molecule has 0 aliphatic heterocycles. The van der Waals surface area contributed by atoms with E-state index in [1.54, 1.807) is 7.11 Å². The standard InChI is InChI=1S/C52H48N2O/c1-37-18-32-50(40(4)34-37)53(46-28-22-42(23-29-46)20-26-44-13-8-7-12-39(44)3)48-15-11-16-49(36-48)54(51-33-19-38(2)35-41(51)5)47-30-24-43(25-31-47)21-27-45-14-9-10-17-52(45)55-6/h7-36H,1-6H3/b26-20+,27-21+. The van der Waals surface area contributed by atoms with Gasteiger partial charge in [-0.3, -0.25) is 0 Å². The minimum atomic E-state index is 0.858. The number of benzene rings is 7. The van der Waals surface area contributed by atoms with E-state index in [-0.39, 0.29) is 0 Å². The van der Waals surface area contributed by atoms with Crippen LogP contribution in [0.5, 0.6) is 5.75 Å². The zero-order valence-electron chi connectivity index (χ0n) is 32.6. The molecular weight excluding hydrogens is 669 g/mol. The van der Waals surface area contributed by atoms with Gasteiger partial charge in [0.2, 0.25) is 0 Å². The third-order valence-electron chi connectivity index (χ3n) is 10.1. The number of anilines is 6. The van der Waals surface area contributed by atoms with Gasteiger partial charge in [-0.1, -0.05) is 132 Å². The van der Waals surface area contributed by atoms with E-state index in [1.165, 1.54) is 33.4 Å². The molecule has 0 N–H and O–H groups in total. The second kappa shape index (κ2) is 16.6. The van der Waals surface area contributed by atoms with Gasteiger partial charge >= 0.3 is 0 Å². The van der Waals surface area contributed by atoms with Crippen molar-refractivity contribution in [1.82, 2.24) is 0 Å². The topological polar surface area (TPSA) is 15.7 Å².